The van der Waals surface area contributed by atoms with Gasteiger partial charge in [0.1, 0.15) is 0 Å². The highest BCUT2D eigenvalue weighted by atomic mass is 35.5. The first-order valence-electron chi connectivity index (χ1n) is 5.13. The fraction of sp³-hybridized carbons (Fsp3) is 0.818. The molecule has 0 amide bonds. The number of hydrogen-bond donors (Lipinski definition) is 1. The van der Waals surface area contributed by atoms with Crippen LogP contribution in [0, 0.1) is 0 Å². The first-order valence-corrected chi connectivity index (χ1v) is 5.13. The molecule has 0 aliphatic heterocycles. The highest BCUT2D eigenvalue weighted by molar-refractivity contribution is 5.85. The van der Waals surface area contributed by atoms with E-state index in [-0.39, 0.29) is 12.4 Å². The van der Waals surface area contributed by atoms with Gasteiger partial charge >= 0.3 is 0 Å². The van der Waals surface area contributed by atoms with E-state index in [0.717, 1.165) is 12.8 Å². The summed E-state index contributed by atoms with van der Waals surface area (Å²) < 4.78 is 0. The van der Waals surface area contributed by atoms with E-state index in [2.05, 4.69) is 6.58 Å². The summed E-state index contributed by atoms with van der Waals surface area (Å²) in [5, 5.41) is 8.53. The van der Waals surface area contributed by atoms with E-state index in [1.807, 2.05) is 6.08 Å². The van der Waals surface area contributed by atoms with Crippen LogP contribution < -0.4 is 0 Å². The summed E-state index contributed by atoms with van der Waals surface area (Å²) >= 11 is 0. The lowest BCUT2D eigenvalue weighted by atomic mass is 10.1. The van der Waals surface area contributed by atoms with Crippen molar-refractivity contribution in [1.29, 1.82) is 0 Å². The second-order valence-corrected chi connectivity index (χ2v) is 3.28. The second kappa shape index (κ2) is 14.5. The smallest absolute Gasteiger partial charge is 0.0431 e. The number of rotatable bonds is 9. The number of hydrogen-bond acceptors (Lipinski definition) is 1. The van der Waals surface area contributed by atoms with E-state index in [9.17, 15) is 0 Å². The second-order valence-electron chi connectivity index (χ2n) is 3.28. The van der Waals surface area contributed by atoms with Crippen molar-refractivity contribution in [3.63, 3.8) is 0 Å². The highest BCUT2D eigenvalue weighted by Gasteiger charge is 1.89. The van der Waals surface area contributed by atoms with Crippen molar-refractivity contribution < 1.29 is 5.11 Å². The Bertz CT molecular complexity index is 94.1. The third-order valence-electron chi connectivity index (χ3n) is 2.07. The van der Waals surface area contributed by atoms with Gasteiger partial charge in [-0.1, -0.05) is 38.2 Å². The quantitative estimate of drug-likeness (QED) is 0.451. The first-order chi connectivity index (χ1) is 5.91. The van der Waals surface area contributed by atoms with Gasteiger partial charge in [0.2, 0.25) is 0 Å². The number of halogens is 1. The average Bonchev–Trinajstić information content (AvgIpc) is 2.10. The lowest BCUT2D eigenvalue weighted by molar-refractivity contribution is 0.282. The molecule has 0 unspecified atom stereocenters. The minimum atomic E-state index is 0. The molecule has 0 heterocycles. The number of allylic oxidation sites excluding steroid dienone is 1. The van der Waals surface area contributed by atoms with Crippen LogP contribution in [0.5, 0.6) is 0 Å². The minimum absolute atomic E-state index is 0. The van der Waals surface area contributed by atoms with Gasteiger partial charge in [0.15, 0.2) is 0 Å². The number of unbranched alkanes of at least 4 members (excludes halogenated alkanes) is 7. The Hall–Kier alpha value is -0.0100. The van der Waals surface area contributed by atoms with Crippen LogP contribution in [0.15, 0.2) is 12.7 Å². The predicted molar refractivity (Wildman–Crippen MR) is 61.5 cm³/mol. The van der Waals surface area contributed by atoms with Crippen molar-refractivity contribution in [1.82, 2.24) is 0 Å². The first kappa shape index (κ1) is 15.5. The van der Waals surface area contributed by atoms with Crippen LogP contribution in [0.2, 0.25) is 0 Å². The molecule has 0 saturated carbocycles. The fourth-order valence-corrected chi connectivity index (χ4v) is 1.28. The Kier molecular flexibility index (Phi) is 17.3. The standard InChI is InChI=1S/C11H22O.ClH/c1-2-3-4-5-6-7-8-9-10-11-12;/h2,12H,1,3-11H2;1H. The summed E-state index contributed by atoms with van der Waals surface area (Å²) in [7, 11) is 0. The van der Waals surface area contributed by atoms with Crippen molar-refractivity contribution in [2.45, 2.75) is 51.4 Å². The molecule has 0 rings (SSSR count). The van der Waals surface area contributed by atoms with Crippen molar-refractivity contribution in [3.8, 4) is 0 Å². The molecule has 0 atom stereocenters. The zero-order valence-corrected chi connectivity index (χ0v) is 9.32. The Balaban J connectivity index is 0. The van der Waals surface area contributed by atoms with Crippen LogP contribution in [-0.2, 0) is 0 Å². The lowest BCUT2D eigenvalue weighted by Crippen LogP contribution is -1.83. The molecule has 0 fully saturated rings. The maximum atomic E-state index is 8.53. The Morgan fingerprint density at radius 2 is 1.31 bits per heavy atom. The summed E-state index contributed by atoms with van der Waals surface area (Å²) in [6.45, 7) is 4.05. The van der Waals surface area contributed by atoms with E-state index in [1.54, 1.807) is 0 Å². The molecule has 0 bridgehead atoms. The molecule has 13 heavy (non-hydrogen) atoms. The van der Waals surface area contributed by atoms with E-state index < -0.39 is 0 Å². The van der Waals surface area contributed by atoms with E-state index in [1.165, 1.54) is 38.5 Å². The van der Waals surface area contributed by atoms with Crippen LogP contribution in [-0.4, -0.2) is 11.7 Å². The molecule has 1 nitrogen and oxygen atoms in total. The number of aliphatic hydroxyl groups is 1. The number of aliphatic hydroxyl groups excluding tert-OH is 1. The summed E-state index contributed by atoms with van der Waals surface area (Å²) in [5.74, 6) is 0. The summed E-state index contributed by atoms with van der Waals surface area (Å²) in [6, 6.07) is 0. The maximum Gasteiger partial charge on any atom is 0.0431 e. The zero-order chi connectivity index (χ0) is 9.07. The van der Waals surface area contributed by atoms with Gasteiger partial charge in [-0.05, 0) is 19.3 Å². The molecule has 0 aromatic heterocycles. The fourth-order valence-electron chi connectivity index (χ4n) is 1.28. The van der Waals surface area contributed by atoms with Crippen LogP contribution in [0.4, 0.5) is 0 Å². The highest BCUT2D eigenvalue weighted by Crippen LogP contribution is 2.08. The molecule has 1 N–H and O–H groups in total. The van der Waals surface area contributed by atoms with Crippen LogP contribution in [0.1, 0.15) is 51.4 Å². The molecule has 0 aromatic carbocycles. The summed E-state index contributed by atoms with van der Waals surface area (Å²) in [5.41, 5.74) is 0. The van der Waals surface area contributed by atoms with Crippen molar-refractivity contribution in [3.05, 3.63) is 12.7 Å². The predicted octanol–water partition coefficient (Wildman–Crippen LogP) is 3.71. The van der Waals surface area contributed by atoms with Gasteiger partial charge in [-0.2, -0.15) is 0 Å². The van der Waals surface area contributed by atoms with Crippen LogP contribution in [0.25, 0.3) is 0 Å². The van der Waals surface area contributed by atoms with Gasteiger partial charge in [0.05, 0.1) is 0 Å². The molecule has 0 aliphatic rings. The van der Waals surface area contributed by atoms with Crippen LogP contribution >= 0.6 is 12.4 Å². The topological polar surface area (TPSA) is 20.2 Å². The molecule has 80 valence electrons. The van der Waals surface area contributed by atoms with Gasteiger partial charge in [-0.3, -0.25) is 0 Å². The third-order valence-corrected chi connectivity index (χ3v) is 2.07. The average molecular weight is 207 g/mol. The van der Waals surface area contributed by atoms with Crippen LogP contribution in [0.3, 0.4) is 0 Å². The van der Waals surface area contributed by atoms with Gasteiger partial charge in [-0.25, -0.2) is 0 Å². The van der Waals surface area contributed by atoms with Crippen molar-refractivity contribution >= 4 is 12.4 Å². The molecular formula is C11H23ClO. The van der Waals surface area contributed by atoms with Gasteiger partial charge in [-0.15, -0.1) is 19.0 Å². The molecule has 0 saturated heterocycles. The largest absolute Gasteiger partial charge is 0.396 e. The van der Waals surface area contributed by atoms with Gasteiger partial charge in [0.25, 0.3) is 0 Å². The summed E-state index contributed by atoms with van der Waals surface area (Å²) in [4.78, 5) is 0. The molecule has 2 heteroatoms. The SMILES string of the molecule is C=CCCCCCCCCCO.Cl. The normalized spacial score (nSPS) is 9.31. The van der Waals surface area contributed by atoms with Gasteiger partial charge in [0, 0.05) is 6.61 Å². The van der Waals surface area contributed by atoms with E-state index >= 15 is 0 Å². The molecule has 0 aromatic rings. The minimum Gasteiger partial charge on any atom is -0.396 e. The monoisotopic (exact) mass is 206 g/mol. The maximum absolute atomic E-state index is 8.53. The summed E-state index contributed by atoms with van der Waals surface area (Å²) in [6.07, 6.45) is 11.9. The zero-order valence-electron chi connectivity index (χ0n) is 8.50. The van der Waals surface area contributed by atoms with Crippen molar-refractivity contribution in [2.24, 2.45) is 0 Å². The molecular weight excluding hydrogens is 184 g/mol. The molecule has 0 radical (unpaired) electrons. The third kappa shape index (κ3) is 14.8. The van der Waals surface area contributed by atoms with Gasteiger partial charge < -0.3 is 5.11 Å². The lowest BCUT2D eigenvalue weighted by Gasteiger charge is -1.99. The van der Waals surface area contributed by atoms with E-state index in [4.69, 9.17) is 5.11 Å². The Labute approximate surface area is 88.6 Å². The van der Waals surface area contributed by atoms with Crippen molar-refractivity contribution in [2.75, 3.05) is 6.61 Å². The molecule has 0 spiro atoms. The Morgan fingerprint density at radius 3 is 1.77 bits per heavy atom. The molecule has 0 aliphatic carbocycles. The Morgan fingerprint density at radius 1 is 0.846 bits per heavy atom. The van der Waals surface area contributed by atoms with E-state index in [0.29, 0.717) is 6.61 Å².